The van der Waals surface area contributed by atoms with Crippen molar-refractivity contribution < 1.29 is 9.66 Å². The van der Waals surface area contributed by atoms with Crippen LogP contribution in [0.1, 0.15) is 0 Å². The Morgan fingerprint density at radius 2 is 2.25 bits per heavy atom. The maximum Gasteiger partial charge on any atom is 0.273 e. The van der Waals surface area contributed by atoms with Crippen LogP contribution in [0.15, 0.2) is 18.2 Å². The Kier molecular flexibility index (Phi) is 4.72. The van der Waals surface area contributed by atoms with Crippen molar-refractivity contribution in [1.82, 2.24) is 4.90 Å². The molecule has 110 valence electrons. The Bertz CT molecular complexity index is 482. The number of nitro groups is 1. The van der Waals surface area contributed by atoms with Gasteiger partial charge in [0.05, 0.1) is 23.3 Å². The molecule has 2 rings (SSSR count). The molecule has 0 spiro atoms. The molecule has 0 amide bonds. The van der Waals surface area contributed by atoms with E-state index in [0.29, 0.717) is 24.5 Å². The summed E-state index contributed by atoms with van der Waals surface area (Å²) < 4.78 is 5.63. The van der Waals surface area contributed by atoms with E-state index in [1.807, 2.05) is 7.05 Å². The van der Waals surface area contributed by atoms with Crippen molar-refractivity contribution in [1.29, 1.82) is 0 Å². The molecule has 0 aliphatic carbocycles. The Morgan fingerprint density at radius 3 is 2.90 bits per heavy atom. The minimum atomic E-state index is -0.448. The van der Waals surface area contributed by atoms with E-state index in [9.17, 15) is 10.1 Å². The van der Waals surface area contributed by atoms with Crippen molar-refractivity contribution in [2.24, 2.45) is 5.84 Å². The van der Waals surface area contributed by atoms with Crippen LogP contribution in [0.3, 0.4) is 0 Å². The lowest BCUT2D eigenvalue weighted by atomic mass is 10.2. The SMILES string of the molecule is CN1CCOC(CNc2cc(NN)cc([N+](=O)[O-])c2)C1. The van der Waals surface area contributed by atoms with Gasteiger partial charge in [-0.05, 0) is 13.1 Å². The van der Waals surface area contributed by atoms with Crippen LogP contribution >= 0.6 is 0 Å². The number of hydrogen-bond donors (Lipinski definition) is 3. The molecule has 8 heteroatoms. The standard InChI is InChI=1S/C12H19N5O3/c1-16-2-3-20-12(8-16)7-14-9-4-10(15-13)6-11(5-9)17(18)19/h4-6,12,14-15H,2-3,7-8,13H2,1H3. The van der Waals surface area contributed by atoms with E-state index in [1.165, 1.54) is 12.1 Å². The number of hydrogen-bond acceptors (Lipinski definition) is 7. The minimum Gasteiger partial charge on any atom is -0.382 e. The molecule has 1 atom stereocenters. The Morgan fingerprint density at radius 1 is 1.50 bits per heavy atom. The molecule has 1 aromatic rings. The number of non-ortho nitro benzene ring substituents is 1. The van der Waals surface area contributed by atoms with Gasteiger partial charge in [-0.1, -0.05) is 0 Å². The molecule has 1 aliphatic rings. The third-order valence-corrected chi connectivity index (χ3v) is 3.17. The van der Waals surface area contributed by atoms with Crippen LogP contribution in [0.5, 0.6) is 0 Å². The van der Waals surface area contributed by atoms with Gasteiger partial charge in [-0.3, -0.25) is 16.0 Å². The molecule has 0 bridgehead atoms. The number of likely N-dealkylation sites (N-methyl/N-ethyl adjacent to an activating group) is 1. The summed E-state index contributed by atoms with van der Waals surface area (Å²) in [5.41, 5.74) is 3.55. The zero-order valence-corrected chi connectivity index (χ0v) is 11.3. The van der Waals surface area contributed by atoms with E-state index in [-0.39, 0.29) is 11.8 Å². The lowest BCUT2D eigenvalue weighted by Gasteiger charge is -2.30. The summed E-state index contributed by atoms with van der Waals surface area (Å²) in [6.07, 6.45) is 0.0716. The highest BCUT2D eigenvalue weighted by Gasteiger charge is 2.17. The Labute approximate surface area is 117 Å². The van der Waals surface area contributed by atoms with Crippen LogP contribution in [0.25, 0.3) is 0 Å². The largest absolute Gasteiger partial charge is 0.382 e. The van der Waals surface area contributed by atoms with Crippen LogP contribution in [0.4, 0.5) is 17.1 Å². The first-order chi connectivity index (χ1) is 9.58. The van der Waals surface area contributed by atoms with Gasteiger partial charge in [0.15, 0.2) is 0 Å². The molecule has 0 radical (unpaired) electrons. The number of morpholine rings is 1. The molecular weight excluding hydrogens is 262 g/mol. The number of anilines is 2. The number of nitro benzene ring substituents is 1. The monoisotopic (exact) mass is 281 g/mol. The van der Waals surface area contributed by atoms with Gasteiger partial charge in [0.25, 0.3) is 5.69 Å². The first-order valence-corrected chi connectivity index (χ1v) is 6.38. The zero-order chi connectivity index (χ0) is 14.5. The van der Waals surface area contributed by atoms with Crippen LogP contribution in [0.2, 0.25) is 0 Å². The van der Waals surface area contributed by atoms with E-state index < -0.39 is 4.92 Å². The van der Waals surface area contributed by atoms with Gasteiger partial charge in [-0.25, -0.2) is 0 Å². The molecule has 8 nitrogen and oxygen atoms in total. The maximum atomic E-state index is 10.8. The van der Waals surface area contributed by atoms with E-state index in [4.69, 9.17) is 10.6 Å². The smallest absolute Gasteiger partial charge is 0.273 e. The first-order valence-electron chi connectivity index (χ1n) is 6.38. The van der Waals surface area contributed by atoms with Crippen LogP contribution < -0.4 is 16.6 Å². The molecule has 1 saturated heterocycles. The third kappa shape index (κ3) is 3.80. The van der Waals surface area contributed by atoms with E-state index in [2.05, 4.69) is 15.6 Å². The van der Waals surface area contributed by atoms with Crippen LogP contribution in [-0.2, 0) is 4.74 Å². The number of rotatable bonds is 5. The fourth-order valence-corrected chi connectivity index (χ4v) is 2.12. The summed E-state index contributed by atoms with van der Waals surface area (Å²) >= 11 is 0. The lowest BCUT2D eigenvalue weighted by Crippen LogP contribution is -2.43. The topological polar surface area (TPSA) is 106 Å². The van der Waals surface area contributed by atoms with E-state index in [1.54, 1.807) is 6.07 Å². The van der Waals surface area contributed by atoms with Gasteiger partial charge < -0.3 is 20.4 Å². The molecular formula is C12H19N5O3. The average Bonchev–Trinajstić information content (AvgIpc) is 2.45. The van der Waals surface area contributed by atoms with Gasteiger partial charge >= 0.3 is 0 Å². The zero-order valence-electron chi connectivity index (χ0n) is 11.3. The molecule has 1 fully saturated rings. The van der Waals surface area contributed by atoms with Gasteiger partial charge in [0.2, 0.25) is 0 Å². The van der Waals surface area contributed by atoms with E-state index in [0.717, 1.165) is 13.1 Å². The quantitative estimate of drug-likeness (QED) is 0.413. The summed E-state index contributed by atoms with van der Waals surface area (Å²) in [6, 6.07) is 4.59. The van der Waals surface area contributed by atoms with Gasteiger partial charge in [0, 0.05) is 37.5 Å². The molecule has 1 heterocycles. The van der Waals surface area contributed by atoms with Crippen molar-refractivity contribution in [3.63, 3.8) is 0 Å². The van der Waals surface area contributed by atoms with Gasteiger partial charge in [-0.2, -0.15) is 0 Å². The van der Waals surface area contributed by atoms with Crippen molar-refractivity contribution >= 4 is 17.1 Å². The summed E-state index contributed by atoms with van der Waals surface area (Å²) in [6.45, 7) is 3.06. The summed E-state index contributed by atoms with van der Waals surface area (Å²) in [7, 11) is 2.04. The second kappa shape index (κ2) is 6.51. The van der Waals surface area contributed by atoms with Gasteiger partial charge in [-0.15, -0.1) is 0 Å². The molecule has 1 unspecified atom stereocenters. The predicted molar refractivity (Wildman–Crippen MR) is 76.6 cm³/mol. The van der Waals surface area contributed by atoms with Crippen LogP contribution in [-0.4, -0.2) is 49.2 Å². The number of nitrogens with zero attached hydrogens (tertiary/aromatic N) is 2. The van der Waals surface area contributed by atoms with E-state index >= 15 is 0 Å². The Hall–Kier alpha value is -1.90. The molecule has 4 N–H and O–H groups in total. The number of benzene rings is 1. The number of nitrogens with one attached hydrogen (secondary N) is 2. The summed E-state index contributed by atoms with van der Waals surface area (Å²) in [5, 5.41) is 14.0. The van der Waals surface area contributed by atoms with Crippen molar-refractivity contribution in [2.45, 2.75) is 6.10 Å². The normalized spacial score (nSPS) is 19.6. The molecule has 20 heavy (non-hydrogen) atoms. The third-order valence-electron chi connectivity index (χ3n) is 3.17. The highest BCUT2D eigenvalue weighted by Crippen LogP contribution is 2.23. The fraction of sp³-hybridized carbons (Fsp3) is 0.500. The first kappa shape index (κ1) is 14.5. The second-order valence-electron chi connectivity index (χ2n) is 4.81. The number of hydrazine groups is 1. The van der Waals surface area contributed by atoms with Gasteiger partial charge in [0.1, 0.15) is 0 Å². The average molecular weight is 281 g/mol. The summed E-state index contributed by atoms with van der Waals surface area (Å²) in [4.78, 5) is 12.6. The fourth-order valence-electron chi connectivity index (χ4n) is 2.12. The maximum absolute atomic E-state index is 10.8. The van der Waals surface area contributed by atoms with Crippen molar-refractivity contribution in [3.8, 4) is 0 Å². The highest BCUT2D eigenvalue weighted by molar-refractivity contribution is 5.63. The molecule has 0 aromatic heterocycles. The molecule has 1 aliphatic heterocycles. The molecule has 0 saturated carbocycles. The number of nitrogens with two attached hydrogens (primary N) is 1. The number of ether oxygens (including phenoxy) is 1. The lowest BCUT2D eigenvalue weighted by molar-refractivity contribution is -0.384. The van der Waals surface area contributed by atoms with Crippen LogP contribution in [0, 0.1) is 10.1 Å². The summed E-state index contributed by atoms with van der Waals surface area (Å²) in [5.74, 6) is 5.31. The number of nitrogen functional groups attached to an aromatic ring is 1. The second-order valence-corrected chi connectivity index (χ2v) is 4.81. The predicted octanol–water partition coefficient (Wildman–Crippen LogP) is 0.623. The highest BCUT2D eigenvalue weighted by atomic mass is 16.6. The van der Waals surface area contributed by atoms with Crippen molar-refractivity contribution in [3.05, 3.63) is 28.3 Å². The Balaban J connectivity index is 2.01. The molecule has 1 aromatic carbocycles. The minimum absolute atomic E-state index is 0.00960. The van der Waals surface area contributed by atoms with Crippen molar-refractivity contribution in [2.75, 3.05) is 44.0 Å².